The van der Waals surface area contributed by atoms with E-state index in [2.05, 4.69) is 20.3 Å². The van der Waals surface area contributed by atoms with E-state index >= 15 is 0 Å². The highest BCUT2D eigenvalue weighted by molar-refractivity contribution is 7.15. The number of aromatic amines is 1. The number of thiazole rings is 1. The van der Waals surface area contributed by atoms with Gasteiger partial charge in [-0.2, -0.15) is 0 Å². The van der Waals surface area contributed by atoms with E-state index in [1.54, 1.807) is 30.6 Å². The van der Waals surface area contributed by atoms with Crippen LogP contribution in [0.4, 0.5) is 5.13 Å². The van der Waals surface area contributed by atoms with Crippen LogP contribution in [-0.2, 0) is 13.0 Å². The van der Waals surface area contributed by atoms with E-state index < -0.39 is 0 Å². The number of anilines is 1. The summed E-state index contributed by atoms with van der Waals surface area (Å²) in [5, 5.41) is 4.27. The molecule has 2 amide bonds. The third-order valence-electron chi connectivity index (χ3n) is 4.96. The van der Waals surface area contributed by atoms with E-state index in [4.69, 9.17) is 0 Å². The Morgan fingerprint density at radius 3 is 2.86 bits per heavy atom. The van der Waals surface area contributed by atoms with Crippen molar-refractivity contribution in [2.75, 3.05) is 11.9 Å². The number of rotatable bonds is 3. The van der Waals surface area contributed by atoms with E-state index in [1.165, 1.54) is 11.3 Å². The average molecular weight is 403 g/mol. The molecule has 7 nitrogen and oxygen atoms in total. The first kappa shape index (κ1) is 17.6. The molecule has 144 valence electrons. The first-order chi connectivity index (χ1) is 14.2. The Bertz CT molecular complexity index is 1210. The number of aromatic nitrogens is 3. The lowest BCUT2D eigenvalue weighted by molar-refractivity contribution is 0.0738. The summed E-state index contributed by atoms with van der Waals surface area (Å²) in [5.41, 5.74) is 2.91. The highest BCUT2D eigenvalue weighted by atomic mass is 32.1. The predicted octanol–water partition coefficient (Wildman–Crippen LogP) is 3.47. The predicted molar refractivity (Wildman–Crippen MR) is 111 cm³/mol. The summed E-state index contributed by atoms with van der Waals surface area (Å²) in [6, 6.07) is 13.0. The number of fused-ring (bicyclic) bond motifs is 2. The Balaban J connectivity index is 1.33. The van der Waals surface area contributed by atoms with Crippen LogP contribution in [0.2, 0.25) is 0 Å². The van der Waals surface area contributed by atoms with Crippen LogP contribution in [0.1, 0.15) is 31.4 Å². The number of amides is 2. The van der Waals surface area contributed by atoms with Crippen molar-refractivity contribution in [2.45, 2.75) is 13.0 Å². The Morgan fingerprint density at radius 2 is 2.00 bits per heavy atom. The summed E-state index contributed by atoms with van der Waals surface area (Å²) in [4.78, 5) is 40.0. The Hall–Kier alpha value is -3.52. The summed E-state index contributed by atoms with van der Waals surface area (Å²) < 4.78 is 0. The number of carbonyl (C=O) groups excluding carboxylic acids is 2. The molecule has 3 aromatic heterocycles. The molecular weight excluding hydrogens is 386 g/mol. The number of carbonyl (C=O) groups is 2. The fourth-order valence-corrected chi connectivity index (χ4v) is 4.52. The molecule has 0 spiro atoms. The number of nitrogens with one attached hydrogen (secondary N) is 2. The van der Waals surface area contributed by atoms with Crippen LogP contribution >= 0.6 is 11.3 Å². The van der Waals surface area contributed by atoms with Crippen LogP contribution in [0, 0.1) is 0 Å². The summed E-state index contributed by atoms with van der Waals surface area (Å²) in [6.07, 6.45) is 4.02. The standard InChI is InChI=1S/C21H17N5O2S/c27-19(17-7-3-4-9-22-17)25-21-24-16-8-10-26(12-18(16)29-21)20(28)14-11-23-15-6-2-1-5-13(14)15/h1-7,9,11,23H,8,10,12H2,(H,24,25,27). The third-order valence-corrected chi connectivity index (χ3v) is 5.95. The van der Waals surface area contributed by atoms with Gasteiger partial charge in [0.2, 0.25) is 0 Å². The zero-order valence-corrected chi connectivity index (χ0v) is 16.2. The first-order valence-corrected chi connectivity index (χ1v) is 10.1. The van der Waals surface area contributed by atoms with Crippen LogP contribution in [-0.4, -0.2) is 38.2 Å². The van der Waals surface area contributed by atoms with E-state index in [0.29, 0.717) is 35.9 Å². The van der Waals surface area contributed by atoms with Gasteiger partial charge >= 0.3 is 0 Å². The van der Waals surface area contributed by atoms with Crippen LogP contribution in [0.15, 0.2) is 54.9 Å². The third kappa shape index (κ3) is 3.27. The molecule has 1 aromatic carbocycles. The second kappa shape index (κ2) is 7.14. The van der Waals surface area contributed by atoms with E-state index in [0.717, 1.165) is 21.5 Å². The molecule has 0 aliphatic carbocycles. The molecule has 0 saturated carbocycles. The average Bonchev–Trinajstić information content (AvgIpc) is 3.36. The van der Waals surface area contributed by atoms with Crippen molar-refractivity contribution in [3.05, 3.63) is 76.7 Å². The molecule has 4 aromatic rings. The van der Waals surface area contributed by atoms with Gasteiger partial charge in [0.1, 0.15) is 5.69 Å². The highest BCUT2D eigenvalue weighted by Crippen LogP contribution is 2.30. The van der Waals surface area contributed by atoms with Gasteiger partial charge in [0, 0.05) is 41.1 Å². The quantitative estimate of drug-likeness (QED) is 0.548. The van der Waals surface area contributed by atoms with E-state index in [-0.39, 0.29) is 11.8 Å². The Kier molecular flexibility index (Phi) is 4.33. The van der Waals surface area contributed by atoms with Crippen molar-refractivity contribution in [1.29, 1.82) is 0 Å². The first-order valence-electron chi connectivity index (χ1n) is 9.25. The molecule has 5 rings (SSSR count). The lowest BCUT2D eigenvalue weighted by atomic mass is 10.1. The van der Waals surface area contributed by atoms with Gasteiger partial charge in [-0.3, -0.25) is 19.9 Å². The molecule has 0 fully saturated rings. The van der Waals surface area contributed by atoms with Crippen molar-refractivity contribution in [3.8, 4) is 0 Å². The number of para-hydroxylation sites is 1. The fraction of sp³-hybridized carbons (Fsp3) is 0.143. The van der Waals surface area contributed by atoms with Gasteiger partial charge in [-0.15, -0.1) is 0 Å². The Morgan fingerprint density at radius 1 is 1.14 bits per heavy atom. The lowest BCUT2D eigenvalue weighted by Crippen LogP contribution is -2.35. The van der Waals surface area contributed by atoms with Crippen LogP contribution in [0.25, 0.3) is 10.9 Å². The number of pyridine rings is 1. The summed E-state index contributed by atoms with van der Waals surface area (Å²) >= 11 is 1.41. The van der Waals surface area contributed by atoms with Gasteiger partial charge in [0.25, 0.3) is 11.8 Å². The zero-order valence-electron chi connectivity index (χ0n) is 15.4. The van der Waals surface area contributed by atoms with Crippen molar-refractivity contribution in [3.63, 3.8) is 0 Å². The van der Waals surface area contributed by atoms with E-state index in [9.17, 15) is 9.59 Å². The molecule has 8 heteroatoms. The minimum atomic E-state index is -0.288. The molecule has 4 heterocycles. The minimum absolute atomic E-state index is 0.000529. The zero-order chi connectivity index (χ0) is 19.8. The Labute approximate surface area is 170 Å². The molecule has 0 atom stereocenters. The number of H-pyrrole nitrogens is 1. The van der Waals surface area contributed by atoms with Crippen molar-refractivity contribution >= 4 is 39.2 Å². The van der Waals surface area contributed by atoms with E-state index in [1.807, 2.05) is 29.2 Å². The maximum Gasteiger partial charge on any atom is 0.276 e. The molecule has 0 radical (unpaired) electrons. The highest BCUT2D eigenvalue weighted by Gasteiger charge is 2.26. The summed E-state index contributed by atoms with van der Waals surface area (Å²) in [7, 11) is 0. The molecule has 0 saturated heterocycles. The number of hydrogen-bond acceptors (Lipinski definition) is 5. The molecule has 2 N–H and O–H groups in total. The molecule has 1 aliphatic rings. The van der Waals surface area contributed by atoms with Crippen LogP contribution in [0.3, 0.4) is 0 Å². The number of nitrogens with zero attached hydrogens (tertiary/aromatic N) is 3. The van der Waals surface area contributed by atoms with Gasteiger partial charge in [-0.1, -0.05) is 35.6 Å². The second-order valence-corrected chi connectivity index (χ2v) is 7.87. The van der Waals surface area contributed by atoms with Crippen molar-refractivity contribution in [2.24, 2.45) is 0 Å². The topological polar surface area (TPSA) is 91.0 Å². The largest absolute Gasteiger partial charge is 0.360 e. The van der Waals surface area contributed by atoms with Crippen molar-refractivity contribution < 1.29 is 9.59 Å². The second-order valence-electron chi connectivity index (χ2n) is 6.78. The maximum absolute atomic E-state index is 13.1. The smallest absolute Gasteiger partial charge is 0.276 e. The van der Waals surface area contributed by atoms with Gasteiger partial charge in [-0.25, -0.2) is 4.98 Å². The molecular formula is C21H17N5O2S. The lowest BCUT2D eigenvalue weighted by Gasteiger charge is -2.25. The number of hydrogen-bond donors (Lipinski definition) is 2. The van der Waals surface area contributed by atoms with Gasteiger partial charge < -0.3 is 9.88 Å². The maximum atomic E-state index is 13.1. The SMILES string of the molecule is O=C(Nc1nc2c(s1)CN(C(=O)c1c[nH]c3ccccc13)CC2)c1ccccn1. The monoisotopic (exact) mass is 403 g/mol. The minimum Gasteiger partial charge on any atom is -0.360 e. The molecule has 0 unspecified atom stereocenters. The molecule has 1 aliphatic heterocycles. The van der Waals surface area contributed by atoms with Crippen LogP contribution < -0.4 is 5.32 Å². The fourth-order valence-electron chi connectivity index (χ4n) is 3.50. The molecule has 29 heavy (non-hydrogen) atoms. The van der Waals surface area contributed by atoms with Crippen molar-refractivity contribution in [1.82, 2.24) is 19.9 Å². The van der Waals surface area contributed by atoms with Crippen LogP contribution in [0.5, 0.6) is 0 Å². The van der Waals surface area contributed by atoms with Gasteiger partial charge in [0.05, 0.1) is 17.8 Å². The summed E-state index contributed by atoms with van der Waals surface area (Å²) in [5.74, 6) is -0.288. The van der Waals surface area contributed by atoms with Gasteiger partial charge in [-0.05, 0) is 18.2 Å². The molecule has 0 bridgehead atoms. The number of benzene rings is 1. The van der Waals surface area contributed by atoms with Gasteiger partial charge in [0.15, 0.2) is 5.13 Å². The summed E-state index contributed by atoms with van der Waals surface area (Å²) in [6.45, 7) is 1.09. The normalized spacial score (nSPS) is 13.3.